The highest BCUT2D eigenvalue weighted by atomic mass is 35.5. The molecule has 150 valence electrons. The van der Waals surface area contributed by atoms with Gasteiger partial charge in [-0.1, -0.05) is 23.8 Å². The second-order valence-corrected chi connectivity index (χ2v) is 7.56. The highest BCUT2D eigenvalue weighted by molar-refractivity contribution is 6.34. The van der Waals surface area contributed by atoms with E-state index in [1.165, 1.54) is 0 Å². The van der Waals surface area contributed by atoms with Crippen LogP contribution in [0.3, 0.4) is 0 Å². The monoisotopic (exact) mass is 401 g/mol. The van der Waals surface area contributed by atoms with Gasteiger partial charge >= 0.3 is 0 Å². The Balaban J connectivity index is 1.40. The van der Waals surface area contributed by atoms with Crippen LogP contribution in [0.15, 0.2) is 59.3 Å². The standard InChI is InChI=1S/C22H28ClN3O2/c23-22(20-4-1-2-5-21(20)24)25-18-6-8-19(9-7-18)28-15-3-12-26-13-10-17(16-27)11-14-26/h1-2,4-9,17,24-25,27H,3,10-16H2/b22-20-,24-21?. The molecule has 0 spiro atoms. The molecule has 2 aliphatic rings. The van der Waals surface area contributed by atoms with E-state index in [0.717, 1.165) is 50.3 Å². The molecule has 1 aliphatic heterocycles. The molecule has 3 N–H and O–H groups in total. The number of piperidine rings is 1. The zero-order chi connectivity index (χ0) is 19.8. The average Bonchev–Trinajstić information content (AvgIpc) is 2.73. The van der Waals surface area contributed by atoms with Crippen molar-refractivity contribution in [1.82, 2.24) is 4.90 Å². The summed E-state index contributed by atoms with van der Waals surface area (Å²) in [6.07, 6.45) is 10.4. The van der Waals surface area contributed by atoms with Gasteiger partial charge in [0.15, 0.2) is 0 Å². The first-order chi connectivity index (χ1) is 13.7. The topological polar surface area (TPSA) is 68.6 Å². The third-order valence-corrected chi connectivity index (χ3v) is 5.42. The van der Waals surface area contributed by atoms with E-state index in [1.54, 1.807) is 6.08 Å². The normalized spacial score (nSPS) is 19.7. The molecule has 0 amide bonds. The third kappa shape index (κ3) is 5.96. The molecule has 0 atom stereocenters. The Morgan fingerprint density at radius 1 is 1.18 bits per heavy atom. The Bertz CT molecular complexity index is 748. The average molecular weight is 402 g/mol. The number of benzene rings is 1. The number of hydrogen-bond acceptors (Lipinski definition) is 5. The summed E-state index contributed by atoms with van der Waals surface area (Å²) < 4.78 is 5.84. The largest absolute Gasteiger partial charge is 0.494 e. The molecule has 0 unspecified atom stereocenters. The minimum Gasteiger partial charge on any atom is -0.494 e. The van der Waals surface area contributed by atoms with Crippen molar-refractivity contribution in [2.75, 3.05) is 38.2 Å². The van der Waals surface area contributed by atoms with Crippen LogP contribution < -0.4 is 10.1 Å². The lowest BCUT2D eigenvalue weighted by molar-refractivity contribution is 0.126. The summed E-state index contributed by atoms with van der Waals surface area (Å²) in [4.78, 5) is 2.45. The maximum Gasteiger partial charge on any atom is 0.119 e. The van der Waals surface area contributed by atoms with Crippen molar-refractivity contribution in [2.24, 2.45) is 5.92 Å². The van der Waals surface area contributed by atoms with E-state index in [4.69, 9.17) is 21.7 Å². The van der Waals surface area contributed by atoms with Gasteiger partial charge in [0.2, 0.25) is 0 Å². The Morgan fingerprint density at radius 3 is 2.57 bits per heavy atom. The number of ether oxygens (including phenoxy) is 1. The molecule has 1 saturated heterocycles. The predicted molar refractivity (Wildman–Crippen MR) is 115 cm³/mol. The first-order valence-corrected chi connectivity index (χ1v) is 10.2. The summed E-state index contributed by atoms with van der Waals surface area (Å²) in [7, 11) is 0. The molecule has 28 heavy (non-hydrogen) atoms. The molecule has 1 aromatic carbocycles. The van der Waals surface area contributed by atoms with E-state index in [2.05, 4.69) is 10.2 Å². The molecule has 5 nitrogen and oxygen atoms in total. The van der Waals surface area contributed by atoms with Crippen LogP contribution in [-0.2, 0) is 0 Å². The van der Waals surface area contributed by atoms with Crippen LogP contribution >= 0.6 is 11.6 Å². The number of aliphatic hydroxyl groups is 1. The quantitative estimate of drug-likeness (QED) is 0.451. The fourth-order valence-electron chi connectivity index (χ4n) is 3.37. The fourth-order valence-corrected chi connectivity index (χ4v) is 3.65. The van der Waals surface area contributed by atoms with Gasteiger partial charge in [0.1, 0.15) is 10.9 Å². The third-order valence-electron chi connectivity index (χ3n) is 5.12. The van der Waals surface area contributed by atoms with Crippen molar-refractivity contribution in [3.05, 3.63) is 59.3 Å². The van der Waals surface area contributed by atoms with Crippen molar-refractivity contribution in [3.8, 4) is 5.75 Å². The van der Waals surface area contributed by atoms with E-state index in [1.807, 2.05) is 42.5 Å². The molecule has 1 aliphatic carbocycles. The van der Waals surface area contributed by atoms with Gasteiger partial charge in [0.05, 0.1) is 12.3 Å². The molecular weight excluding hydrogens is 374 g/mol. The first kappa shape index (κ1) is 20.6. The zero-order valence-electron chi connectivity index (χ0n) is 16.0. The van der Waals surface area contributed by atoms with Crippen LogP contribution in [0.4, 0.5) is 5.69 Å². The molecule has 1 fully saturated rings. The predicted octanol–water partition coefficient (Wildman–Crippen LogP) is 4.17. The minimum atomic E-state index is 0.320. The second kappa shape index (κ2) is 10.5. The van der Waals surface area contributed by atoms with E-state index in [9.17, 15) is 5.11 Å². The summed E-state index contributed by atoms with van der Waals surface area (Å²) in [5.41, 5.74) is 1.92. The summed E-state index contributed by atoms with van der Waals surface area (Å²) in [5.74, 6) is 1.32. The SMILES string of the molecule is N=C1C=CC=C/C1=C(\Cl)Nc1ccc(OCCCN2CCC(CO)CC2)cc1. The highest BCUT2D eigenvalue weighted by Gasteiger charge is 2.17. The van der Waals surface area contributed by atoms with E-state index in [0.29, 0.717) is 35.6 Å². The minimum absolute atomic E-state index is 0.320. The number of anilines is 1. The number of aliphatic hydroxyl groups excluding tert-OH is 1. The number of halogens is 1. The highest BCUT2D eigenvalue weighted by Crippen LogP contribution is 2.22. The smallest absolute Gasteiger partial charge is 0.119 e. The van der Waals surface area contributed by atoms with Gasteiger partial charge in [-0.15, -0.1) is 0 Å². The van der Waals surface area contributed by atoms with Gasteiger partial charge in [-0.05, 0) is 74.7 Å². The second-order valence-electron chi connectivity index (χ2n) is 7.18. The van der Waals surface area contributed by atoms with Crippen molar-refractivity contribution < 1.29 is 9.84 Å². The molecule has 1 heterocycles. The Hall–Kier alpha value is -2.08. The molecule has 0 bridgehead atoms. The fraction of sp³-hybridized carbons (Fsp3) is 0.409. The maximum absolute atomic E-state index is 9.20. The first-order valence-electron chi connectivity index (χ1n) is 9.82. The Kier molecular flexibility index (Phi) is 7.71. The van der Waals surface area contributed by atoms with Crippen molar-refractivity contribution in [1.29, 1.82) is 5.41 Å². The van der Waals surface area contributed by atoms with E-state index >= 15 is 0 Å². The van der Waals surface area contributed by atoms with Crippen LogP contribution in [0.2, 0.25) is 0 Å². The van der Waals surface area contributed by atoms with Gasteiger partial charge in [-0.2, -0.15) is 0 Å². The molecule has 3 rings (SSSR count). The summed E-state index contributed by atoms with van der Waals surface area (Å²) in [5, 5.41) is 20.7. The van der Waals surface area contributed by atoms with Gasteiger partial charge in [0.25, 0.3) is 0 Å². The van der Waals surface area contributed by atoms with Crippen LogP contribution in [0.5, 0.6) is 5.75 Å². The molecule has 0 aromatic heterocycles. The van der Waals surface area contributed by atoms with Gasteiger partial charge in [-0.25, -0.2) is 0 Å². The van der Waals surface area contributed by atoms with Crippen LogP contribution in [0.1, 0.15) is 19.3 Å². The maximum atomic E-state index is 9.20. The van der Waals surface area contributed by atoms with Crippen LogP contribution in [-0.4, -0.2) is 48.6 Å². The van der Waals surface area contributed by atoms with Gasteiger partial charge in [-0.3, -0.25) is 0 Å². The Morgan fingerprint density at radius 2 is 1.89 bits per heavy atom. The van der Waals surface area contributed by atoms with E-state index in [-0.39, 0.29) is 0 Å². The van der Waals surface area contributed by atoms with E-state index < -0.39 is 0 Å². The van der Waals surface area contributed by atoms with Crippen LogP contribution in [0, 0.1) is 11.3 Å². The Labute approximate surface area is 171 Å². The lowest BCUT2D eigenvalue weighted by atomic mass is 9.98. The van der Waals surface area contributed by atoms with Crippen molar-refractivity contribution >= 4 is 23.0 Å². The number of hydrogen-bond donors (Lipinski definition) is 3. The molecular formula is C22H28ClN3O2. The lowest BCUT2D eigenvalue weighted by Gasteiger charge is -2.30. The van der Waals surface area contributed by atoms with Gasteiger partial charge in [0, 0.05) is 24.4 Å². The number of rotatable bonds is 8. The molecule has 0 saturated carbocycles. The van der Waals surface area contributed by atoms with Gasteiger partial charge < -0.3 is 25.5 Å². The number of nitrogens with zero attached hydrogens (tertiary/aromatic N) is 1. The summed E-state index contributed by atoms with van der Waals surface area (Å²) in [6, 6.07) is 7.69. The zero-order valence-corrected chi connectivity index (χ0v) is 16.8. The lowest BCUT2D eigenvalue weighted by Crippen LogP contribution is -2.35. The number of allylic oxidation sites excluding steroid dienone is 5. The molecule has 0 radical (unpaired) electrons. The number of nitrogens with one attached hydrogen (secondary N) is 2. The summed E-state index contributed by atoms with van der Waals surface area (Å²) in [6.45, 7) is 4.19. The van der Waals surface area contributed by atoms with Crippen molar-refractivity contribution in [3.63, 3.8) is 0 Å². The molecule has 6 heteroatoms. The number of likely N-dealkylation sites (tertiary alicyclic amines) is 1. The molecule has 1 aromatic rings. The van der Waals surface area contributed by atoms with Crippen LogP contribution in [0.25, 0.3) is 0 Å². The summed E-state index contributed by atoms with van der Waals surface area (Å²) >= 11 is 6.32. The van der Waals surface area contributed by atoms with Crippen molar-refractivity contribution in [2.45, 2.75) is 19.3 Å².